The molecular weight excluding hydrogens is 194 g/mol. The van der Waals surface area contributed by atoms with E-state index in [9.17, 15) is 4.79 Å². The number of pyridine rings is 1. The maximum Gasteiger partial charge on any atom is 0.339 e. The van der Waals surface area contributed by atoms with E-state index in [1.54, 1.807) is 22.7 Å². The van der Waals surface area contributed by atoms with Gasteiger partial charge in [-0.1, -0.05) is 0 Å². The van der Waals surface area contributed by atoms with Crippen LogP contribution in [0.3, 0.4) is 0 Å². The molecule has 2 rings (SSSR count). The number of rotatable bonds is 2. The van der Waals surface area contributed by atoms with Gasteiger partial charge in [0.15, 0.2) is 0 Å². The molecule has 0 spiro atoms. The number of nitrogens with zero attached hydrogens (tertiary/aromatic N) is 1. The fraction of sp³-hybridized carbons (Fsp3) is 0.182. The second-order valence-corrected chi connectivity index (χ2v) is 3.15. The first kappa shape index (κ1) is 9.73. The van der Waals surface area contributed by atoms with Crippen LogP contribution in [0.25, 0.3) is 5.52 Å². The van der Waals surface area contributed by atoms with Crippen LogP contribution in [0.2, 0.25) is 0 Å². The summed E-state index contributed by atoms with van der Waals surface area (Å²) in [6, 6.07) is 7.00. The third-order valence-corrected chi connectivity index (χ3v) is 2.34. The highest BCUT2D eigenvalue weighted by Crippen LogP contribution is 2.15. The molecule has 0 unspecified atom stereocenters. The first-order chi connectivity index (χ1) is 7.27. The number of aromatic nitrogens is 1. The molecule has 0 bridgehead atoms. The third kappa shape index (κ3) is 1.49. The summed E-state index contributed by atoms with van der Waals surface area (Å²) >= 11 is 0. The molecule has 0 amide bonds. The predicted molar refractivity (Wildman–Crippen MR) is 54.7 cm³/mol. The van der Waals surface area contributed by atoms with Gasteiger partial charge in [0.25, 0.3) is 0 Å². The van der Waals surface area contributed by atoms with E-state index in [1.165, 1.54) is 7.11 Å². The van der Waals surface area contributed by atoms with Gasteiger partial charge < -0.3 is 14.2 Å². The maximum atomic E-state index is 11.4. The van der Waals surface area contributed by atoms with Crippen molar-refractivity contribution in [2.45, 2.75) is 6.61 Å². The van der Waals surface area contributed by atoms with Crippen LogP contribution in [0, 0.1) is 0 Å². The van der Waals surface area contributed by atoms with Crippen molar-refractivity contribution in [3.63, 3.8) is 0 Å². The predicted octanol–water partition coefficient (Wildman–Crippen LogP) is 1.22. The van der Waals surface area contributed by atoms with Gasteiger partial charge >= 0.3 is 5.97 Å². The minimum atomic E-state index is -0.372. The summed E-state index contributed by atoms with van der Waals surface area (Å²) in [5, 5.41) is 9.10. The largest absolute Gasteiger partial charge is 0.465 e. The number of ether oxygens (including phenoxy) is 1. The standard InChI is InChI=1S/C11H11NO3/c1-15-11(14)9-5-4-8(7-13)12-6-2-3-10(9)12/h2-6,13H,7H2,1H3. The van der Waals surface area contributed by atoms with Gasteiger partial charge in [-0.2, -0.15) is 0 Å². The zero-order valence-electron chi connectivity index (χ0n) is 8.30. The maximum absolute atomic E-state index is 11.4. The molecule has 15 heavy (non-hydrogen) atoms. The molecule has 78 valence electrons. The van der Waals surface area contributed by atoms with Crippen molar-refractivity contribution in [2.24, 2.45) is 0 Å². The van der Waals surface area contributed by atoms with Gasteiger partial charge in [0.2, 0.25) is 0 Å². The lowest BCUT2D eigenvalue weighted by Crippen LogP contribution is -2.05. The Labute approximate surface area is 86.7 Å². The van der Waals surface area contributed by atoms with E-state index in [2.05, 4.69) is 4.74 Å². The number of methoxy groups -OCH3 is 1. The summed E-state index contributed by atoms with van der Waals surface area (Å²) in [6.45, 7) is -0.0629. The molecule has 4 heteroatoms. The molecule has 0 fully saturated rings. The highest BCUT2D eigenvalue weighted by molar-refractivity contribution is 5.97. The Morgan fingerprint density at radius 3 is 2.93 bits per heavy atom. The van der Waals surface area contributed by atoms with Gasteiger partial charge in [-0.15, -0.1) is 0 Å². The first-order valence-corrected chi connectivity index (χ1v) is 4.56. The zero-order chi connectivity index (χ0) is 10.8. The number of carbonyl (C=O) groups is 1. The topological polar surface area (TPSA) is 50.9 Å². The summed E-state index contributed by atoms with van der Waals surface area (Å²) in [6.07, 6.45) is 1.80. The fourth-order valence-electron chi connectivity index (χ4n) is 1.61. The number of fused-ring (bicyclic) bond motifs is 1. The number of esters is 1. The van der Waals surface area contributed by atoms with E-state index < -0.39 is 0 Å². The average Bonchev–Trinajstić information content (AvgIpc) is 2.75. The quantitative estimate of drug-likeness (QED) is 0.750. The van der Waals surface area contributed by atoms with Crippen LogP contribution in [-0.2, 0) is 11.3 Å². The highest BCUT2D eigenvalue weighted by Gasteiger charge is 2.11. The molecule has 1 N–H and O–H groups in total. The second kappa shape index (κ2) is 3.74. The van der Waals surface area contributed by atoms with Crippen molar-refractivity contribution in [3.8, 4) is 0 Å². The summed E-state index contributed by atoms with van der Waals surface area (Å²) in [5.74, 6) is -0.372. The molecule has 0 atom stereocenters. The fourth-order valence-corrected chi connectivity index (χ4v) is 1.61. The molecule has 0 aliphatic rings. The average molecular weight is 205 g/mol. The molecule has 0 aliphatic heterocycles. The molecular formula is C11H11NO3. The van der Waals surface area contributed by atoms with Crippen LogP contribution in [-0.4, -0.2) is 22.6 Å². The lowest BCUT2D eigenvalue weighted by molar-refractivity contribution is 0.0602. The summed E-state index contributed by atoms with van der Waals surface area (Å²) < 4.78 is 6.44. The Morgan fingerprint density at radius 1 is 1.47 bits per heavy atom. The van der Waals surface area contributed by atoms with Crippen LogP contribution in [0.4, 0.5) is 0 Å². The number of carbonyl (C=O) groups excluding carboxylic acids is 1. The van der Waals surface area contributed by atoms with E-state index in [-0.39, 0.29) is 12.6 Å². The van der Waals surface area contributed by atoms with E-state index in [0.717, 1.165) is 11.2 Å². The van der Waals surface area contributed by atoms with Gasteiger partial charge in [0.05, 0.1) is 24.8 Å². The lowest BCUT2D eigenvalue weighted by Gasteiger charge is -2.06. The van der Waals surface area contributed by atoms with Gasteiger partial charge in [-0.05, 0) is 24.3 Å². The summed E-state index contributed by atoms with van der Waals surface area (Å²) in [7, 11) is 1.35. The van der Waals surface area contributed by atoms with Gasteiger partial charge in [0.1, 0.15) is 0 Å². The Balaban J connectivity index is 2.68. The Bertz CT molecular complexity index is 502. The molecule has 0 saturated carbocycles. The molecule has 0 aliphatic carbocycles. The van der Waals surface area contributed by atoms with E-state index in [1.807, 2.05) is 12.1 Å². The Hall–Kier alpha value is -1.81. The molecule has 2 aromatic heterocycles. The molecule has 4 nitrogen and oxygen atoms in total. The molecule has 0 radical (unpaired) electrons. The van der Waals surface area contributed by atoms with Gasteiger partial charge in [-0.25, -0.2) is 4.79 Å². The number of hydrogen-bond donors (Lipinski definition) is 1. The van der Waals surface area contributed by atoms with Crippen molar-refractivity contribution < 1.29 is 14.6 Å². The van der Waals surface area contributed by atoms with Gasteiger partial charge in [0, 0.05) is 11.9 Å². The zero-order valence-corrected chi connectivity index (χ0v) is 8.30. The number of hydrogen-bond acceptors (Lipinski definition) is 3. The second-order valence-electron chi connectivity index (χ2n) is 3.15. The Morgan fingerprint density at radius 2 is 2.27 bits per heavy atom. The van der Waals surface area contributed by atoms with E-state index >= 15 is 0 Å². The van der Waals surface area contributed by atoms with Crippen LogP contribution in [0.1, 0.15) is 16.1 Å². The van der Waals surface area contributed by atoms with Crippen molar-refractivity contribution in [1.82, 2.24) is 4.40 Å². The first-order valence-electron chi connectivity index (χ1n) is 4.56. The van der Waals surface area contributed by atoms with Crippen LogP contribution >= 0.6 is 0 Å². The molecule has 0 aromatic carbocycles. The molecule has 2 aromatic rings. The van der Waals surface area contributed by atoms with Crippen molar-refractivity contribution in [1.29, 1.82) is 0 Å². The molecule has 2 heterocycles. The van der Waals surface area contributed by atoms with Crippen LogP contribution in [0.15, 0.2) is 30.5 Å². The highest BCUT2D eigenvalue weighted by atomic mass is 16.5. The molecule has 0 saturated heterocycles. The monoisotopic (exact) mass is 205 g/mol. The van der Waals surface area contributed by atoms with Crippen LogP contribution < -0.4 is 0 Å². The van der Waals surface area contributed by atoms with Crippen molar-refractivity contribution in [3.05, 3.63) is 41.7 Å². The van der Waals surface area contributed by atoms with E-state index in [0.29, 0.717) is 5.56 Å². The SMILES string of the molecule is COC(=O)c1ccc(CO)n2cccc12. The van der Waals surface area contributed by atoms with Gasteiger partial charge in [-0.3, -0.25) is 0 Å². The normalized spacial score (nSPS) is 10.5. The van der Waals surface area contributed by atoms with Crippen LogP contribution in [0.5, 0.6) is 0 Å². The van der Waals surface area contributed by atoms with Crippen molar-refractivity contribution >= 4 is 11.5 Å². The Kier molecular flexibility index (Phi) is 2.43. The summed E-state index contributed by atoms with van der Waals surface area (Å²) in [5.41, 5.74) is 1.98. The number of aliphatic hydroxyl groups is 1. The number of aliphatic hydroxyl groups excluding tert-OH is 1. The third-order valence-electron chi connectivity index (χ3n) is 2.34. The minimum absolute atomic E-state index is 0.0629. The summed E-state index contributed by atoms with van der Waals surface area (Å²) in [4.78, 5) is 11.4. The minimum Gasteiger partial charge on any atom is -0.465 e. The lowest BCUT2D eigenvalue weighted by atomic mass is 10.2. The van der Waals surface area contributed by atoms with Crippen molar-refractivity contribution in [2.75, 3.05) is 7.11 Å². The van der Waals surface area contributed by atoms with E-state index in [4.69, 9.17) is 5.11 Å². The smallest absolute Gasteiger partial charge is 0.339 e.